The van der Waals surface area contributed by atoms with Crippen LogP contribution in [0.2, 0.25) is 0 Å². The predicted molar refractivity (Wildman–Crippen MR) is 84.7 cm³/mol. The van der Waals surface area contributed by atoms with Gasteiger partial charge in [0.15, 0.2) is 0 Å². The normalized spacial score (nSPS) is 12.4. The van der Waals surface area contributed by atoms with Gasteiger partial charge in [-0.25, -0.2) is 4.39 Å². The van der Waals surface area contributed by atoms with Gasteiger partial charge in [0.1, 0.15) is 18.2 Å². The zero-order valence-corrected chi connectivity index (χ0v) is 13.6. The number of nitrogens with two attached hydrogens (primary N) is 1. The molecule has 5 heteroatoms. The van der Waals surface area contributed by atoms with Gasteiger partial charge in [-0.3, -0.25) is 0 Å². The molecule has 0 aliphatic heterocycles. The minimum absolute atomic E-state index is 0.0209. The minimum Gasteiger partial charge on any atom is -0.488 e. The molecule has 0 spiro atoms. The molecular formula is C15H17BrFNOS. The van der Waals surface area contributed by atoms with Gasteiger partial charge < -0.3 is 10.5 Å². The molecule has 0 saturated heterocycles. The van der Waals surface area contributed by atoms with Crippen LogP contribution in [0.4, 0.5) is 4.39 Å². The first kappa shape index (κ1) is 15.5. The van der Waals surface area contributed by atoms with Gasteiger partial charge in [-0.2, -0.15) is 0 Å². The third kappa shape index (κ3) is 4.04. The number of hydrogen-bond acceptors (Lipinski definition) is 3. The standard InChI is InChI=1S/C15H17BrFNOS/c1-2-12(18)8-10-7-11(17)3-4-14(10)19-9-15-13(16)5-6-20-15/h3-7,12H,2,8-9,18H2,1H3. The number of halogens is 2. The molecule has 1 heterocycles. The van der Waals surface area contributed by atoms with Crippen molar-refractivity contribution in [3.05, 3.63) is 50.4 Å². The van der Waals surface area contributed by atoms with E-state index in [1.165, 1.54) is 12.1 Å². The number of ether oxygens (including phenoxy) is 1. The highest BCUT2D eigenvalue weighted by molar-refractivity contribution is 9.10. The van der Waals surface area contributed by atoms with Crippen molar-refractivity contribution in [2.75, 3.05) is 0 Å². The third-order valence-corrected chi connectivity index (χ3v) is 4.98. The van der Waals surface area contributed by atoms with Crippen LogP contribution in [0.5, 0.6) is 5.75 Å². The van der Waals surface area contributed by atoms with Gasteiger partial charge in [0.05, 0.1) is 4.88 Å². The van der Waals surface area contributed by atoms with E-state index in [2.05, 4.69) is 15.9 Å². The maximum absolute atomic E-state index is 13.4. The lowest BCUT2D eigenvalue weighted by Gasteiger charge is -2.14. The summed E-state index contributed by atoms with van der Waals surface area (Å²) in [7, 11) is 0. The minimum atomic E-state index is -0.257. The van der Waals surface area contributed by atoms with Gasteiger partial charge in [0.2, 0.25) is 0 Å². The van der Waals surface area contributed by atoms with Crippen molar-refractivity contribution in [1.82, 2.24) is 0 Å². The van der Waals surface area contributed by atoms with Crippen LogP contribution in [0.25, 0.3) is 0 Å². The lowest BCUT2D eigenvalue weighted by Crippen LogP contribution is -2.21. The predicted octanol–water partition coefficient (Wildman–Crippen LogP) is 4.51. The van der Waals surface area contributed by atoms with E-state index in [0.717, 1.165) is 21.3 Å². The number of thiophene rings is 1. The summed E-state index contributed by atoms with van der Waals surface area (Å²) in [5, 5.41) is 2.00. The second-order valence-electron chi connectivity index (χ2n) is 4.60. The first-order valence-electron chi connectivity index (χ1n) is 6.48. The molecule has 0 aliphatic carbocycles. The molecule has 20 heavy (non-hydrogen) atoms. The van der Waals surface area contributed by atoms with Crippen molar-refractivity contribution in [2.45, 2.75) is 32.4 Å². The van der Waals surface area contributed by atoms with E-state index < -0.39 is 0 Å². The Labute approximate surface area is 130 Å². The summed E-state index contributed by atoms with van der Waals surface area (Å²) in [6.45, 7) is 2.49. The average molecular weight is 358 g/mol. The Kier molecular flexibility index (Phi) is 5.57. The van der Waals surface area contributed by atoms with E-state index in [9.17, 15) is 4.39 Å². The molecule has 0 amide bonds. The van der Waals surface area contributed by atoms with Crippen molar-refractivity contribution in [2.24, 2.45) is 5.73 Å². The Hall–Kier alpha value is -0.910. The van der Waals surface area contributed by atoms with Crippen molar-refractivity contribution in [1.29, 1.82) is 0 Å². The Morgan fingerprint density at radius 2 is 2.20 bits per heavy atom. The van der Waals surface area contributed by atoms with E-state index in [1.54, 1.807) is 17.4 Å². The molecule has 0 aliphatic rings. The van der Waals surface area contributed by atoms with E-state index in [1.807, 2.05) is 18.4 Å². The zero-order chi connectivity index (χ0) is 14.5. The van der Waals surface area contributed by atoms with E-state index >= 15 is 0 Å². The largest absolute Gasteiger partial charge is 0.488 e. The van der Waals surface area contributed by atoms with E-state index in [4.69, 9.17) is 10.5 Å². The summed E-state index contributed by atoms with van der Waals surface area (Å²) in [6, 6.07) is 6.61. The zero-order valence-electron chi connectivity index (χ0n) is 11.2. The molecule has 0 fully saturated rings. The topological polar surface area (TPSA) is 35.2 Å². The maximum atomic E-state index is 13.4. The smallest absolute Gasteiger partial charge is 0.124 e. The summed E-state index contributed by atoms with van der Waals surface area (Å²) >= 11 is 5.10. The summed E-state index contributed by atoms with van der Waals surface area (Å²) in [6.07, 6.45) is 1.47. The fourth-order valence-electron chi connectivity index (χ4n) is 1.85. The molecule has 2 nitrogen and oxygen atoms in total. The van der Waals surface area contributed by atoms with Crippen LogP contribution >= 0.6 is 27.3 Å². The van der Waals surface area contributed by atoms with Crippen LogP contribution in [0, 0.1) is 5.82 Å². The van der Waals surface area contributed by atoms with Crippen LogP contribution in [0.1, 0.15) is 23.8 Å². The molecule has 0 saturated carbocycles. The molecule has 0 radical (unpaired) electrons. The molecule has 0 bridgehead atoms. The summed E-state index contributed by atoms with van der Waals surface area (Å²) in [4.78, 5) is 1.11. The second-order valence-corrected chi connectivity index (χ2v) is 6.46. The van der Waals surface area contributed by atoms with Crippen molar-refractivity contribution in [3.63, 3.8) is 0 Å². The quantitative estimate of drug-likeness (QED) is 0.825. The van der Waals surface area contributed by atoms with Gasteiger partial charge in [-0.1, -0.05) is 6.92 Å². The molecule has 2 aromatic rings. The lowest BCUT2D eigenvalue weighted by molar-refractivity contribution is 0.304. The number of benzene rings is 1. The van der Waals surface area contributed by atoms with Gasteiger partial charge >= 0.3 is 0 Å². The second kappa shape index (κ2) is 7.20. The molecule has 2 rings (SSSR count). The molecule has 1 unspecified atom stereocenters. The maximum Gasteiger partial charge on any atom is 0.124 e. The summed E-state index contributed by atoms with van der Waals surface area (Å²) < 4.78 is 20.2. The molecule has 2 N–H and O–H groups in total. The lowest BCUT2D eigenvalue weighted by atomic mass is 10.0. The monoisotopic (exact) mass is 357 g/mol. The van der Waals surface area contributed by atoms with E-state index in [-0.39, 0.29) is 11.9 Å². The number of hydrogen-bond donors (Lipinski definition) is 1. The molecule has 1 aromatic heterocycles. The van der Waals surface area contributed by atoms with Crippen LogP contribution in [-0.2, 0) is 13.0 Å². The highest BCUT2D eigenvalue weighted by atomic mass is 79.9. The Bertz CT molecular complexity index is 573. The highest BCUT2D eigenvalue weighted by Crippen LogP contribution is 2.27. The van der Waals surface area contributed by atoms with Crippen LogP contribution < -0.4 is 10.5 Å². The summed E-state index contributed by atoms with van der Waals surface area (Å²) in [5.74, 6) is 0.448. The van der Waals surface area contributed by atoms with Gasteiger partial charge in [0, 0.05) is 10.5 Å². The van der Waals surface area contributed by atoms with Gasteiger partial charge in [-0.15, -0.1) is 11.3 Å². The molecule has 1 atom stereocenters. The average Bonchev–Trinajstić information content (AvgIpc) is 2.83. The van der Waals surface area contributed by atoms with Gasteiger partial charge in [-0.05, 0) is 64.0 Å². The van der Waals surface area contributed by atoms with Crippen LogP contribution in [-0.4, -0.2) is 6.04 Å². The van der Waals surface area contributed by atoms with Crippen molar-refractivity contribution in [3.8, 4) is 5.75 Å². The molecular weight excluding hydrogens is 341 g/mol. The first-order valence-corrected chi connectivity index (χ1v) is 8.16. The fourth-order valence-corrected chi connectivity index (χ4v) is 3.22. The molecule has 1 aromatic carbocycles. The molecule has 108 valence electrons. The van der Waals surface area contributed by atoms with Crippen molar-refractivity contribution < 1.29 is 9.13 Å². The first-order chi connectivity index (χ1) is 9.60. The Balaban J connectivity index is 2.12. The van der Waals surface area contributed by atoms with Crippen LogP contribution in [0.15, 0.2) is 34.1 Å². The van der Waals surface area contributed by atoms with Crippen LogP contribution in [0.3, 0.4) is 0 Å². The number of rotatable bonds is 6. The van der Waals surface area contributed by atoms with E-state index in [0.29, 0.717) is 18.8 Å². The third-order valence-electron chi connectivity index (χ3n) is 3.08. The Morgan fingerprint density at radius 3 is 2.85 bits per heavy atom. The highest BCUT2D eigenvalue weighted by Gasteiger charge is 2.10. The fraction of sp³-hybridized carbons (Fsp3) is 0.333. The van der Waals surface area contributed by atoms with Gasteiger partial charge in [0.25, 0.3) is 0 Å². The summed E-state index contributed by atoms with van der Waals surface area (Å²) in [5.41, 5.74) is 6.78. The van der Waals surface area contributed by atoms with Crippen molar-refractivity contribution >= 4 is 27.3 Å². The SMILES string of the molecule is CCC(N)Cc1cc(F)ccc1OCc1sccc1Br. The Morgan fingerprint density at radius 1 is 1.40 bits per heavy atom.